The molecule has 0 bridgehead atoms. The lowest BCUT2D eigenvalue weighted by Gasteiger charge is -2.15. The van der Waals surface area contributed by atoms with Crippen molar-refractivity contribution < 1.29 is 18.8 Å². The number of aliphatic imine (C=N–C) groups is 1. The van der Waals surface area contributed by atoms with E-state index in [-0.39, 0.29) is 12.1 Å². The van der Waals surface area contributed by atoms with Gasteiger partial charge in [0.05, 0.1) is 18.2 Å². The zero-order valence-electron chi connectivity index (χ0n) is 13.8. The van der Waals surface area contributed by atoms with E-state index >= 15 is 0 Å². The summed E-state index contributed by atoms with van der Waals surface area (Å²) >= 11 is 0. The smallest absolute Gasteiger partial charge is 0.287 e. The van der Waals surface area contributed by atoms with Crippen LogP contribution in [-0.2, 0) is 20.8 Å². The van der Waals surface area contributed by atoms with Crippen LogP contribution in [0.25, 0.3) is 0 Å². The van der Waals surface area contributed by atoms with E-state index in [0.29, 0.717) is 11.3 Å². The molecule has 0 saturated carbocycles. The first-order valence-corrected chi connectivity index (χ1v) is 7.69. The Bertz CT molecular complexity index is 826. The Morgan fingerprint density at radius 3 is 2.50 bits per heavy atom. The van der Waals surface area contributed by atoms with Gasteiger partial charge in [0.25, 0.3) is 11.8 Å². The van der Waals surface area contributed by atoms with Gasteiger partial charge in [0.15, 0.2) is 0 Å². The quantitative estimate of drug-likeness (QED) is 0.470. The number of primary amides is 1. The summed E-state index contributed by atoms with van der Waals surface area (Å²) in [6, 6.07) is 9.21. The molecule has 0 aliphatic rings. The minimum atomic E-state index is -1.15. The fourth-order valence-corrected chi connectivity index (χ4v) is 2.15. The van der Waals surface area contributed by atoms with Crippen molar-refractivity contribution in [3.05, 3.63) is 66.8 Å². The number of Topliss-reactive ketones (excluding diaryl/α,β-unsaturated/α-hetero) is 1. The largest absolute Gasteiger partial charge is 0.472 e. The van der Waals surface area contributed by atoms with E-state index in [2.05, 4.69) is 10.3 Å². The molecule has 8 nitrogen and oxygen atoms in total. The third-order valence-corrected chi connectivity index (χ3v) is 3.38. The van der Waals surface area contributed by atoms with Gasteiger partial charge in [-0.05, 0) is 36.0 Å². The average molecular weight is 354 g/mol. The molecule has 134 valence electrons. The number of carbonyl (C=O) groups is 3. The number of para-hydroxylation sites is 1. The molecule has 0 radical (unpaired) electrons. The first kappa shape index (κ1) is 18.7. The maximum atomic E-state index is 12.5. The molecule has 1 aromatic carbocycles. The Kier molecular flexibility index (Phi) is 6.44. The van der Waals surface area contributed by atoms with Crippen LogP contribution in [0.2, 0.25) is 0 Å². The minimum Gasteiger partial charge on any atom is -0.472 e. The molecule has 26 heavy (non-hydrogen) atoms. The maximum Gasteiger partial charge on any atom is 0.287 e. The second-order valence-corrected chi connectivity index (χ2v) is 5.28. The molecule has 2 rings (SSSR count). The lowest BCUT2D eigenvalue weighted by Crippen LogP contribution is -2.49. The van der Waals surface area contributed by atoms with Gasteiger partial charge in [0, 0.05) is 6.42 Å². The van der Waals surface area contributed by atoms with Crippen LogP contribution in [-0.4, -0.2) is 29.4 Å². The maximum absolute atomic E-state index is 12.5. The van der Waals surface area contributed by atoms with E-state index in [4.69, 9.17) is 15.9 Å². The van der Waals surface area contributed by atoms with Gasteiger partial charge in [-0.1, -0.05) is 18.2 Å². The summed E-state index contributed by atoms with van der Waals surface area (Å²) in [6.45, 7) is 0. The van der Waals surface area contributed by atoms with Crippen LogP contribution in [0.1, 0.15) is 5.56 Å². The van der Waals surface area contributed by atoms with Gasteiger partial charge in [-0.25, -0.2) is 4.99 Å². The summed E-state index contributed by atoms with van der Waals surface area (Å²) in [5, 5.41) is 2.47. The Hall–Kier alpha value is -3.68. The first-order valence-electron chi connectivity index (χ1n) is 7.69. The summed E-state index contributed by atoms with van der Waals surface area (Å²) in [6.07, 6.45) is 5.33. The number of hydrogen-bond donors (Lipinski definition) is 3. The van der Waals surface area contributed by atoms with Crippen LogP contribution < -0.4 is 16.8 Å². The van der Waals surface area contributed by atoms with Crippen molar-refractivity contribution in [3.8, 4) is 0 Å². The zero-order chi connectivity index (χ0) is 18.9. The Labute approximate surface area is 149 Å². The topological polar surface area (TPSA) is 141 Å². The number of nitrogens with two attached hydrogens (primary N) is 2. The molecule has 0 aliphatic carbocycles. The van der Waals surface area contributed by atoms with Gasteiger partial charge < -0.3 is 21.2 Å². The molecule has 0 spiro atoms. The van der Waals surface area contributed by atoms with Crippen molar-refractivity contribution in [2.24, 2.45) is 16.5 Å². The van der Waals surface area contributed by atoms with E-state index in [1.807, 2.05) is 6.07 Å². The predicted octanol–water partition coefficient (Wildman–Crippen LogP) is 0.606. The average Bonchev–Trinajstić information content (AvgIpc) is 3.14. The van der Waals surface area contributed by atoms with Gasteiger partial charge in [0.1, 0.15) is 11.8 Å². The van der Waals surface area contributed by atoms with Gasteiger partial charge in [0.2, 0.25) is 5.78 Å². The van der Waals surface area contributed by atoms with Crippen molar-refractivity contribution in [2.45, 2.75) is 12.5 Å². The molecule has 0 fully saturated rings. The molecule has 1 heterocycles. The van der Waals surface area contributed by atoms with E-state index < -0.39 is 23.6 Å². The highest BCUT2D eigenvalue weighted by Crippen LogP contribution is 2.11. The third-order valence-electron chi connectivity index (χ3n) is 3.38. The number of rotatable bonds is 8. The lowest BCUT2D eigenvalue weighted by atomic mass is 10.0. The van der Waals surface area contributed by atoms with Crippen molar-refractivity contribution in [1.82, 2.24) is 5.32 Å². The number of ketones is 1. The van der Waals surface area contributed by atoms with Crippen molar-refractivity contribution >= 4 is 29.0 Å². The van der Waals surface area contributed by atoms with Crippen LogP contribution in [0.15, 0.2) is 70.6 Å². The SMILES string of the molecule is N/C=C\C(=Nc1ccccc1)C(=O)NC(Cc1ccoc1)C(=O)C(N)=O. The van der Waals surface area contributed by atoms with E-state index in [1.54, 1.807) is 30.3 Å². The molecule has 8 heteroatoms. The van der Waals surface area contributed by atoms with E-state index in [1.165, 1.54) is 18.6 Å². The van der Waals surface area contributed by atoms with Crippen molar-refractivity contribution in [3.63, 3.8) is 0 Å². The first-order chi connectivity index (χ1) is 12.5. The molecule has 1 atom stereocenters. The molecule has 2 amide bonds. The Morgan fingerprint density at radius 2 is 1.92 bits per heavy atom. The number of benzene rings is 1. The minimum absolute atomic E-state index is 0.0202. The second-order valence-electron chi connectivity index (χ2n) is 5.28. The Balaban J connectivity index is 2.23. The normalized spacial score (nSPS) is 12.7. The van der Waals surface area contributed by atoms with E-state index in [0.717, 1.165) is 6.20 Å². The zero-order valence-corrected chi connectivity index (χ0v) is 13.8. The molecule has 0 saturated heterocycles. The summed E-state index contributed by atoms with van der Waals surface area (Å²) in [7, 11) is 0. The number of amides is 2. The van der Waals surface area contributed by atoms with Crippen LogP contribution in [0, 0.1) is 0 Å². The van der Waals surface area contributed by atoms with Crippen LogP contribution in [0.4, 0.5) is 5.69 Å². The van der Waals surface area contributed by atoms with Crippen molar-refractivity contribution in [2.75, 3.05) is 0 Å². The lowest BCUT2D eigenvalue weighted by molar-refractivity contribution is -0.137. The standard InChI is InChI=1S/C18H18N4O4/c19-8-6-14(21-13-4-2-1-3-5-13)18(25)22-15(16(23)17(20)24)10-12-7-9-26-11-12/h1-9,11,15H,10,19H2,(H2,20,24)(H,22,25)/b8-6-,21-14?. The van der Waals surface area contributed by atoms with Crippen LogP contribution in [0.5, 0.6) is 0 Å². The summed E-state index contributed by atoms with van der Waals surface area (Å²) < 4.78 is 4.93. The van der Waals surface area contributed by atoms with Crippen molar-refractivity contribution in [1.29, 1.82) is 0 Å². The Morgan fingerprint density at radius 1 is 1.19 bits per heavy atom. The van der Waals surface area contributed by atoms with Gasteiger partial charge in [-0.3, -0.25) is 14.4 Å². The molecule has 1 aromatic heterocycles. The fraction of sp³-hybridized carbons (Fsp3) is 0.111. The predicted molar refractivity (Wildman–Crippen MR) is 95.4 cm³/mol. The number of hydrogen-bond acceptors (Lipinski definition) is 6. The van der Waals surface area contributed by atoms with Gasteiger partial charge >= 0.3 is 0 Å². The summed E-state index contributed by atoms with van der Waals surface area (Å²) in [5.41, 5.74) is 11.6. The molecule has 5 N–H and O–H groups in total. The highest BCUT2D eigenvalue weighted by molar-refractivity contribution is 6.45. The van der Waals surface area contributed by atoms with Crippen LogP contribution >= 0.6 is 0 Å². The molecular formula is C18H18N4O4. The summed E-state index contributed by atoms with van der Waals surface area (Å²) in [4.78, 5) is 40.0. The van der Waals surface area contributed by atoms with Gasteiger partial charge in [-0.2, -0.15) is 0 Å². The molecule has 2 aromatic rings. The highest BCUT2D eigenvalue weighted by Gasteiger charge is 2.26. The fourth-order valence-electron chi connectivity index (χ4n) is 2.15. The van der Waals surface area contributed by atoms with Crippen LogP contribution in [0.3, 0.4) is 0 Å². The molecule has 1 unspecified atom stereocenters. The molecular weight excluding hydrogens is 336 g/mol. The number of furan rings is 1. The number of nitrogens with zero attached hydrogens (tertiary/aromatic N) is 1. The highest BCUT2D eigenvalue weighted by atomic mass is 16.3. The number of carbonyl (C=O) groups excluding carboxylic acids is 3. The van der Waals surface area contributed by atoms with Gasteiger partial charge in [-0.15, -0.1) is 0 Å². The third kappa shape index (κ3) is 5.17. The summed E-state index contributed by atoms with van der Waals surface area (Å²) in [5.74, 6) is -2.73. The number of nitrogens with one attached hydrogen (secondary N) is 1. The monoisotopic (exact) mass is 354 g/mol. The molecule has 0 aliphatic heterocycles. The second kappa shape index (κ2) is 8.97. The van der Waals surface area contributed by atoms with E-state index in [9.17, 15) is 14.4 Å².